The van der Waals surface area contributed by atoms with Crippen molar-refractivity contribution in [2.24, 2.45) is 0 Å². The van der Waals surface area contributed by atoms with Gasteiger partial charge in [0.05, 0.1) is 11.1 Å². The Morgan fingerprint density at radius 2 is 1.86 bits per heavy atom. The number of nitrogens with zero attached hydrogens (tertiary/aromatic N) is 2. The smallest absolute Gasteiger partial charge is 0.193 e. The molecule has 0 bridgehead atoms. The molecule has 6 heteroatoms. The van der Waals surface area contributed by atoms with Crippen LogP contribution in [0.15, 0.2) is 35.4 Å². The SMILES string of the molecule is CC(C)(C)/[N+]([O-])=C/c1cc2ccccc2nc1S(C)(=O)=O. The standard InChI is InChI=1S/C15H18N2O3S/c1-15(2,3)17(18)10-12-9-11-7-5-6-8-13(11)16-14(12)21(4,19)20/h5-10H,1-4H3/b17-10-. The van der Waals surface area contributed by atoms with Crippen molar-refractivity contribution in [3.05, 3.63) is 41.1 Å². The van der Waals surface area contributed by atoms with E-state index in [0.717, 1.165) is 16.4 Å². The highest BCUT2D eigenvalue weighted by molar-refractivity contribution is 7.90. The van der Waals surface area contributed by atoms with Gasteiger partial charge in [-0.25, -0.2) is 18.1 Å². The lowest BCUT2D eigenvalue weighted by Gasteiger charge is -2.19. The number of para-hydroxylation sites is 1. The first-order valence-electron chi connectivity index (χ1n) is 6.50. The van der Waals surface area contributed by atoms with Crippen LogP contribution in [-0.4, -0.2) is 36.1 Å². The molecule has 112 valence electrons. The molecular weight excluding hydrogens is 288 g/mol. The molecule has 0 N–H and O–H groups in total. The number of pyridine rings is 1. The fourth-order valence-electron chi connectivity index (χ4n) is 1.82. The van der Waals surface area contributed by atoms with Crippen molar-refractivity contribution >= 4 is 27.0 Å². The number of hydrogen-bond donors (Lipinski definition) is 0. The Labute approximate surface area is 124 Å². The summed E-state index contributed by atoms with van der Waals surface area (Å²) in [7, 11) is -3.52. The quantitative estimate of drug-likeness (QED) is 0.369. The Balaban J connectivity index is 2.77. The summed E-state index contributed by atoms with van der Waals surface area (Å²) in [6, 6.07) is 8.88. The van der Waals surface area contributed by atoms with Crippen molar-refractivity contribution in [2.75, 3.05) is 6.26 Å². The highest BCUT2D eigenvalue weighted by atomic mass is 32.2. The maximum atomic E-state index is 12.1. The molecule has 0 aliphatic carbocycles. The highest BCUT2D eigenvalue weighted by Crippen LogP contribution is 2.19. The fraction of sp³-hybridized carbons (Fsp3) is 0.333. The summed E-state index contributed by atoms with van der Waals surface area (Å²) in [4.78, 5) is 4.20. The highest BCUT2D eigenvalue weighted by Gasteiger charge is 2.22. The van der Waals surface area contributed by atoms with Gasteiger partial charge in [0.25, 0.3) is 0 Å². The van der Waals surface area contributed by atoms with E-state index in [1.54, 1.807) is 39.0 Å². The molecule has 0 atom stereocenters. The first-order valence-corrected chi connectivity index (χ1v) is 8.39. The minimum Gasteiger partial charge on any atom is -0.623 e. The zero-order valence-corrected chi connectivity index (χ0v) is 13.3. The number of hydrogen-bond acceptors (Lipinski definition) is 4. The minimum absolute atomic E-state index is 0.0775. The van der Waals surface area contributed by atoms with Gasteiger partial charge in [-0.2, -0.15) is 0 Å². The van der Waals surface area contributed by atoms with Crippen molar-refractivity contribution in [1.82, 2.24) is 4.98 Å². The molecule has 0 aliphatic heterocycles. The van der Waals surface area contributed by atoms with Crippen molar-refractivity contribution < 1.29 is 13.2 Å². The van der Waals surface area contributed by atoms with E-state index in [4.69, 9.17) is 0 Å². The molecule has 0 saturated heterocycles. The van der Waals surface area contributed by atoms with Crippen LogP contribution in [0.25, 0.3) is 10.9 Å². The summed E-state index contributed by atoms with van der Waals surface area (Å²) in [5, 5.41) is 12.8. The largest absolute Gasteiger partial charge is 0.623 e. The molecular formula is C15H18N2O3S. The van der Waals surface area contributed by atoms with Crippen LogP contribution < -0.4 is 0 Å². The summed E-state index contributed by atoms with van der Waals surface area (Å²) < 4.78 is 24.6. The van der Waals surface area contributed by atoms with Crippen molar-refractivity contribution in [2.45, 2.75) is 31.3 Å². The number of fused-ring (bicyclic) bond motifs is 1. The van der Waals surface area contributed by atoms with Gasteiger partial charge in [-0.1, -0.05) is 18.2 Å². The molecule has 21 heavy (non-hydrogen) atoms. The van der Waals surface area contributed by atoms with Crippen LogP contribution in [-0.2, 0) is 9.84 Å². The predicted octanol–water partition coefficient (Wildman–Crippen LogP) is 2.37. The van der Waals surface area contributed by atoms with E-state index in [1.165, 1.54) is 6.21 Å². The van der Waals surface area contributed by atoms with Crippen LogP contribution in [0.5, 0.6) is 0 Å². The average Bonchev–Trinajstić information content (AvgIpc) is 2.35. The lowest BCUT2D eigenvalue weighted by atomic mass is 10.1. The van der Waals surface area contributed by atoms with E-state index in [0.29, 0.717) is 11.1 Å². The molecule has 0 unspecified atom stereocenters. The van der Waals surface area contributed by atoms with Crippen LogP contribution in [0, 0.1) is 5.21 Å². The van der Waals surface area contributed by atoms with Gasteiger partial charge in [-0.05, 0) is 12.1 Å². The Morgan fingerprint density at radius 1 is 1.24 bits per heavy atom. The molecule has 1 heterocycles. The average molecular weight is 306 g/mol. The van der Waals surface area contributed by atoms with Gasteiger partial charge >= 0.3 is 0 Å². The second kappa shape index (κ2) is 5.11. The first-order chi connectivity index (χ1) is 9.59. The number of rotatable bonds is 2. The van der Waals surface area contributed by atoms with E-state index in [1.807, 2.05) is 12.1 Å². The van der Waals surface area contributed by atoms with Crippen molar-refractivity contribution in [3.8, 4) is 0 Å². The Morgan fingerprint density at radius 3 is 2.43 bits per heavy atom. The topological polar surface area (TPSA) is 73.1 Å². The van der Waals surface area contributed by atoms with Gasteiger partial charge in [-0.15, -0.1) is 0 Å². The second-order valence-corrected chi connectivity index (χ2v) is 7.90. The van der Waals surface area contributed by atoms with Gasteiger partial charge in [0, 0.05) is 32.4 Å². The molecule has 0 saturated carbocycles. The van der Waals surface area contributed by atoms with Gasteiger partial charge in [0.2, 0.25) is 0 Å². The number of hydroxylamine groups is 1. The lowest BCUT2D eigenvalue weighted by molar-refractivity contribution is -0.530. The van der Waals surface area contributed by atoms with E-state index < -0.39 is 15.4 Å². The normalized spacial score (nSPS) is 13.6. The zero-order chi connectivity index (χ0) is 15.8. The van der Waals surface area contributed by atoms with Crippen LogP contribution in [0.4, 0.5) is 0 Å². The predicted molar refractivity (Wildman–Crippen MR) is 83.4 cm³/mol. The van der Waals surface area contributed by atoms with Crippen LogP contribution >= 0.6 is 0 Å². The first kappa shape index (κ1) is 15.4. The Kier molecular flexibility index (Phi) is 3.76. The van der Waals surface area contributed by atoms with E-state index in [9.17, 15) is 13.6 Å². The van der Waals surface area contributed by atoms with E-state index in [-0.39, 0.29) is 5.03 Å². The molecule has 1 aromatic heterocycles. The molecule has 1 aromatic carbocycles. The Bertz CT molecular complexity index is 818. The van der Waals surface area contributed by atoms with Gasteiger partial charge in [0.1, 0.15) is 0 Å². The van der Waals surface area contributed by atoms with E-state index in [2.05, 4.69) is 4.98 Å². The molecule has 2 rings (SSSR count). The summed E-state index contributed by atoms with van der Waals surface area (Å²) in [5.41, 5.74) is 0.241. The van der Waals surface area contributed by atoms with Gasteiger partial charge < -0.3 is 5.21 Å². The maximum Gasteiger partial charge on any atom is 0.193 e. The van der Waals surface area contributed by atoms with Crippen molar-refractivity contribution in [3.63, 3.8) is 0 Å². The zero-order valence-electron chi connectivity index (χ0n) is 12.5. The summed E-state index contributed by atoms with van der Waals surface area (Å²) in [6.45, 7) is 5.27. The monoisotopic (exact) mass is 306 g/mol. The summed E-state index contributed by atoms with van der Waals surface area (Å²) >= 11 is 0. The molecule has 2 aromatic rings. The fourth-order valence-corrected chi connectivity index (χ4v) is 2.63. The number of sulfone groups is 1. The van der Waals surface area contributed by atoms with Crippen LogP contribution in [0.1, 0.15) is 26.3 Å². The van der Waals surface area contributed by atoms with Gasteiger partial charge in [-0.3, -0.25) is 0 Å². The van der Waals surface area contributed by atoms with Crippen molar-refractivity contribution in [1.29, 1.82) is 0 Å². The molecule has 0 spiro atoms. The molecule has 5 nitrogen and oxygen atoms in total. The summed E-state index contributed by atoms with van der Waals surface area (Å²) in [5.74, 6) is 0. The third kappa shape index (κ3) is 3.39. The van der Waals surface area contributed by atoms with Gasteiger partial charge in [0.15, 0.2) is 26.6 Å². The third-order valence-corrected chi connectivity index (χ3v) is 4.01. The van der Waals surface area contributed by atoms with Crippen LogP contribution in [0.2, 0.25) is 0 Å². The molecule has 0 fully saturated rings. The third-order valence-electron chi connectivity index (χ3n) is 2.99. The lowest BCUT2D eigenvalue weighted by Crippen LogP contribution is -2.29. The number of aromatic nitrogens is 1. The van der Waals surface area contributed by atoms with Crippen LogP contribution in [0.3, 0.4) is 0 Å². The minimum atomic E-state index is -3.52. The molecule has 0 radical (unpaired) electrons. The van der Waals surface area contributed by atoms with E-state index >= 15 is 0 Å². The molecule has 0 amide bonds. The maximum absolute atomic E-state index is 12.1. The summed E-state index contributed by atoms with van der Waals surface area (Å²) in [6.07, 6.45) is 2.38. The number of benzene rings is 1. The second-order valence-electron chi connectivity index (χ2n) is 5.97. The molecule has 0 aliphatic rings. The Hall–Kier alpha value is -1.95.